The first-order valence-corrected chi connectivity index (χ1v) is 9.63. The highest BCUT2D eigenvalue weighted by Gasteiger charge is 2.28. The number of thiophene rings is 1. The lowest BCUT2D eigenvalue weighted by Gasteiger charge is -2.35. The summed E-state index contributed by atoms with van der Waals surface area (Å²) in [5.74, 6) is 0. The molecule has 0 radical (unpaired) electrons. The topological polar surface area (TPSA) is 75.4 Å². The van der Waals surface area contributed by atoms with Crippen molar-refractivity contribution < 1.29 is 8.42 Å². The van der Waals surface area contributed by atoms with Gasteiger partial charge in [-0.3, -0.25) is 0 Å². The lowest BCUT2D eigenvalue weighted by molar-refractivity contribution is 0.178. The highest BCUT2D eigenvalue weighted by molar-refractivity contribution is 9.11. The zero-order chi connectivity index (χ0) is 14.9. The fourth-order valence-corrected chi connectivity index (χ4v) is 6.21. The van der Waals surface area contributed by atoms with Crippen LogP contribution in [-0.2, 0) is 16.6 Å². The summed E-state index contributed by atoms with van der Waals surface area (Å²) in [6, 6.07) is 2.04. The summed E-state index contributed by atoms with van der Waals surface area (Å²) in [6.07, 6.45) is 1.67. The van der Waals surface area contributed by atoms with E-state index < -0.39 is 10.0 Å². The molecule has 1 saturated heterocycles. The first-order chi connectivity index (χ1) is 9.33. The van der Waals surface area contributed by atoms with Crippen molar-refractivity contribution in [1.82, 2.24) is 9.62 Å². The zero-order valence-corrected chi connectivity index (χ0v) is 14.8. The van der Waals surface area contributed by atoms with Crippen LogP contribution in [0.4, 0.5) is 0 Å². The third-order valence-electron chi connectivity index (χ3n) is 3.73. The summed E-state index contributed by atoms with van der Waals surface area (Å²) in [7, 11) is -1.41. The van der Waals surface area contributed by atoms with Gasteiger partial charge in [0.2, 0.25) is 10.0 Å². The van der Waals surface area contributed by atoms with E-state index in [1.54, 1.807) is 6.07 Å². The Balaban J connectivity index is 2.13. The first-order valence-electron chi connectivity index (χ1n) is 6.54. The van der Waals surface area contributed by atoms with Crippen molar-refractivity contribution in [2.45, 2.75) is 43.3 Å². The van der Waals surface area contributed by atoms with Crippen molar-refractivity contribution in [2.24, 2.45) is 5.73 Å². The summed E-state index contributed by atoms with van der Waals surface area (Å²) in [6.45, 7) is 3.38. The molecule has 114 valence electrons. The Bertz CT molecular complexity index is 573. The van der Waals surface area contributed by atoms with Crippen LogP contribution in [0.2, 0.25) is 0 Å². The Morgan fingerprint density at radius 3 is 2.85 bits per heavy atom. The summed E-state index contributed by atoms with van der Waals surface area (Å²) in [4.78, 5) is 3.40. The number of hydrogen-bond acceptors (Lipinski definition) is 5. The predicted octanol–water partition coefficient (Wildman–Crippen LogP) is 1.73. The van der Waals surface area contributed by atoms with Crippen molar-refractivity contribution in [2.75, 3.05) is 13.6 Å². The van der Waals surface area contributed by atoms with Crippen LogP contribution in [0.15, 0.2) is 14.7 Å². The molecule has 3 N–H and O–H groups in total. The summed E-state index contributed by atoms with van der Waals surface area (Å²) in [5, 5.41) is 0. The van der Waals surface area contributed by atoms with E-state index in [9.17, 15) is 8.42 Å². The number of rotatable bonds is 4. The van der Waals surface area contributed by atoms with Gasteiger partial charge in [0.25, 0.3) is 0 Å². The molecular weight excluding hydrogens is 362 g/mol. The number of piperidine rings is 1. The third kappa shape index (κ3) is 3.61. The van der Waals surface area contributed by atoms with Crippen LogP contribution in [0.3, 0.4) is 0 Å². The molecule has 1 aromatic rings. The Morgan fingerprint density at radius 1 is 1.60 bits per heavy atom. The fraction of sp³-hybridized carbons (Fsp3) is 0.667. The molecule has 1 aromatic heterocycles. The summed E-state index contributed by atoms with van der Waals surface area (Å²) in [5.41, 5.74) is 5.56. The van der Waals surface area contributed by atoms with Gasteiger partial charge in [-0.15, -0.1) is 11.3 Å². The molecule has 0 amide bonds. The second-order valence-electron chi connectivity index (χ2n) is 5.23. The van der Waals surface area contributed by atoms with Crippen molar-refractivity contribution in [1.29, 1.82) is 0 Å². The number of likely N-dealkylation sites (tertiary alicyclic amines) is 1. The minimum atomic E-state index is -3.48. The van der Waals surface area contributed by atoms with Gasteiger partial charge in [0.15, 0.2) is 0 Å². The van der Waals surface area contributed by atoms with Gasteiger partial charge in [0.05, 0.1) is 3.79 Å². The smallest absolute Gasteiger partial charge is 0.242 e. The minimum absolute atomic E-state index is 0.000624. The molecule has 2 atom stereocenters. The molecule has 0 saturated carbocycles. The van der Waals surface area contributed by atoms with E-state index in [0.717, 1.165) is 24.3 Å². The van der Waals surface area contributed by atoms with Gasteiger partial charge in [0.1, 0.15) is 4.90 Å². The highest BCUT2D eigenvalue weighted by atomic mass is 79.9. The predicted molar refractivity (Wildman–Crippen MR) is 85.3 cm³/mol. The van der Waals surface area contributed by atoms with Gasteiger partial charge in [-0.2, -0.15) is 0 Å². The number of nitrogens with one attached hydrogen (secondary N) is 1. The number of halogens is 1. The van der Waals surface area contributed by atoms with Crippen molar-refractivity contribution >= 4 is 37.3 Å². The van der Waals surface area contributed by atoms with E-state index in [2.05, 4.69) is 39.5 Å². The molecule has 8 heteroatoms. The molecule has 0 bridgehead atoms. The van der Waals surface area contributed by atoms with Crippen LogP contribution in [0.25, 0.3) is 0 Å². The van der Waals surface area contributed by atoms with Crippen molar-refractivity contribution in [3.63, 3.8) is 0 Å². The maximum absolute atomic E-state index is 12.4. The van der Waals surface area contributed by atoms with Gasteiger partial charge >= 0.3 is 0 Å². The van der Waals surface area contributed by atoms with Gasteiger partial charge in [-0.05, 0) is 55.4 Å². The molecule has 2 heterocycles. The number of nitrogens with zero attached hydrogens (tertiary/aromatic N) is 1. The Kier molecular flexibility index (Phi) is 5.25. The van der Waals surface area contributed by atoms with Gasteiger partial charge in [0, 0.05) is 23.5 Å². The minimum Gasteiger partial charge on any atom is -0.326 e. The average molecular weight is 382 g/mol. The Hall–Kier alpha value is 0.01000. The van der Waals surface area contributed by atoms with E-state index in [0.29, 0.717) is 21.3 Å². The van der Waals surface area contributed by atoms with E-state index in [1.807, 2.05) is 0 Å². The molecule has 0 spiro atoms. The fourth-order valence-electron chi connectivity index (χ4n) is 2.36. The van der Waals surface area contributed by atoms with E-state index in [1.165, 1.54) is 11.3 Å². The average Bonchev–Trinajstić information content (AvgIpc) is 2.76. The molecule has 20 heavy (non-hydrogen) atoms. The third-order valence-corrected chi connectivity index (χ3v) is 7.52. The maximum Gasteiger partial charge on any atom is 0.242 e. The van der Waals surface area contributed by atoms with Crippen LogP contribution in [-0.4, -0.2) is 39.0 Å². The number of nitrogens with two attached hydrogens (primary N) is 1. The second-order valence-corrected chi connectivity index (χ2v) is 9.36. The first kappa shape index (κ1) is 16.4. The largest absolute Gasteiger partial charge is 0.326 e. The normalized spacial score (nSPS) is 25.0. The van der Waals surface area contributed by atoms with E-state index in [-0.39, 0.29) is 6.04 Å². The standard InChI is InChI=1S/C12H20BrN3O2S2/c1-8-5-9(3-4-16(8)2)15-20(17,18)11-6-10(7-14)19-12(11)13/h6,8-9,15H,3-5,7,14H2,1-2H3. The maximum atomic E-state index is 12.4. The molecule has 0 aromatic carbocycles. The number of hydrogen-bond donors (Lipinski definition) is 2. The quantitative estimate of drug-likeness (QED) is 0.832. The molecule has 2 unspecified atom stereocenters. The van der Waals surface area contributed by atoms with Crippen LogP contribution in [0.5, 0.6) is 0 Å². The SMILES string of the molecule is CC1CC(NS(=O)(=O)c2cc(CN)sc2Br)CCN1C. The lowest BCUT2D eigenvalue weighted by Crippen LogP contribution is -2.47. The van der Waals surface area contributed by atoms with Gasteiger partial charge in [-0.25, -0.2) is 13.1 Å². The van der Waals surface area contributed by atoms with Crippen LogP contribution >= 0.6 is 27.3 Å². The van der Waals surface area contributed by atoms with Crippen molar-refractivity contribution in [3.05, 3.63) is 14.7 Å². The molecular formula is C12H20BrN3O2S2. The molecule has 1 fully saturated rings. The van der Waals surface area contributed by atoms with E-state index in [4.69, 9.17) is 5.73 Å². The second kappa shape index (κ2) is 6.41. The van der Waals surface area contributed by atoms with Gasteiger partial charge in [-0.1, -0.05) is 0 Å². The lowest BCUT2D eigenvalue weighted by atomic mass is 10.0. The summed E-state index contributed by atoms with van der Waals surface area (Å²) >= 11 is 4.68. The Morgan fingerprint density at radius 2 is 2.30 bits per heavy atom. The van der Waals surface area contributed by atoms with E-state index >= 15 is 0 Å². The van der Waals surface area contributed by atoms with Crippen LogP contribution < -0.4 is 10.5 Å². The van der Waals surface area contributed by atoms with Crippen LogP contribution in [0, 0.1) is 0 Å². The van der Waals surface area contributed by atoms with Crippen molar-refractivity contribution in [3.8, 4) is 0 Å². The monoisotopic (exact) mass is 381 g/mol. The summed E-state index contributed by atoms with van der Waals surface area (Å²) < 4.78 is 28.3. The number of sulfonamides is 1. The Labute approximate surface area is 132 Å². The highest BCUT2D eigenvalue weighted by Crippen LogP contribution is 2.32. The molecule has 5 nitrogen and oxygen atoms in total. The molecule has 2 rings (SSSR count). The zero-order valence-electron chi connectivity index (χ0n) is 11.6. The molecule has 0 aliphatic carbocycles. The van der Waals surface area contributed by atoms with Crippen LogP contribution in [0.1, 0.15) is 24.6 Å². The molecule has 1 aliphatic rings. The van der Waals surface area contributed by atoms with Gasteiger partial charge < -0.3 is 10.6 Å². The molecule has 1 aliphatic heterocycles.